The van der Waals surface area contributed by atoms with Crippen LogP contribution in [0.25, 0.3) is 11.1 Å². The summed E-state index contributed by atoms with van der Waals surface area (Å²) < 4.78 is 49.8. The molecule has 0 saturated carbocycles. The number of alkyl halides is 3. The average Bonchev–Trinajstić information content (AvgIpc) is 2.85. The molecule has 0 unspecified atom stereocenters. The van der Waals surface area contributed by atoms with E-state index in [-0.39, 0.29) is 33.0 Å². The first kappa shape index (κ1) is 26.3. The normalized spacial score (nSPS) is 10.9. The van der Waals surface area contributed by atoms with Gasteiger partial charge in [-0.05, 0) is 24.3 Å². The Kier molecular flexibility index (Phi) is 7.70. The number of methoxy groups -OCH3 is 1. The molecule has 36 heavy (non-hydrogen) atoms. The number of anilines is 1. The fourth-order valence-corrected chi connectivity index (χ4v) is 3.56. The fraction of sp³-hybridized carbons (Fsp3) is 0.167. The molecule has 186 valence electrons. The molecule has 1 heterocycles. The summed E-state index contributed by atoms with van der Waals surface area (Å²) in [4.78, 5) is 29.1. The van der Waals surface area contributed by atoms with E-state index >= 15 is 0 Å². The lowest BCUT2D eigenvalue weighted by Crippen LogP contribution is -2.27. The van der Waals surface area contributed by atoms with Crippen LogP contribution in [0.3, 0.4) is 0 Å². The molecular weight excluding hydrogens is 503 g/mol. The second-order valence-corrected chi connectivity index (χ2v) is 7.68. The van der Waals surface area contributed by atoms with E-state index in [2.05, 4.69) is 4.98 Å². The third-order valence-electron chi connectivity index (χ3n) is 5.01. The van der Waals surface area contributed by atoms with Crippen LogP contribution in [0.15, 0.2) is 48.7 Å². The molecule has 0 radical (unpaired) electrons. The highest BCUT2D eigenvalue weighted by Crippen LogP contribution is 2.38. The van der Waals surface area contributed by atoms with Crippen LogP contribution in [0.4, 0.5) is 18.9 Å². The molecule has 0 spiro atoms. The van der Waals surface area contributed by atoms with E-state index in [0.717, 1.165) is 12.3 Å². The maximum atomic E-state index is 13.5. The molecule has 0 bridgehead atoms. The summed E-state index contributed by atoms with van der Waals surface area (Å²) >= 11 is 6.33. The number of hydrogen-bond donors (Lipinski definition) is 1. The minimum atomic E-state index is -4.78. The Labute approximate surface area is 208 Å². The molecule has 0 saturated heterocycles. The summed E-state index contributed by atoms with van der Waals surface area (Å²) in [5, 5.41) is 18.4. The number of benzene rings is 2. The highest BCUT2D eigenvalue weighted by molar-refractivity contribution is 6.34. The first-order valence-electron chi connectivity index (χ1n) is 10.0. The molecule has 0 aliphatic rings. The number of carbonyl (C=O) groups is 2. The maximum absolute atomic E-state index is 13.5. The van der Waals surface area contributed by atoms with Crippen molar-refractivity contribution in [3.05, 3.63) is 70.5 Å². The average molecular weight is 520 g/mol. The van der Waals surface area contributed by atoms with Gasteiger partial charge in [-0.25, -0.2) is 4.79 Å². The van der Waals surface area contributed by atoms with Crippen molar-refractivity contribution in [2.24, 2.45) is 0 Å². The van der Waals surface area contributed by atoms with E-state index in [1.165, 1.54) is 25.1 Å². The number of amides is 1. The highest BCUT2D eigenvalue weighted by Gasteiger charge is 2.33. The zero-order valence-corrected chi connectivity index (χ0v) is 19.5. The van der Waals surface area contributed by atoms with Crippen LogP contribution in [0, 0.1) is 11.3 Å². The zero-order chi connectivity index (χ0) is 26.6. The molecule has 8 nitrogen and oxygen atoms in total. The lowest BCUT2D eigenvalue weighted by Gasteiger charge is -2.22. The number of carboxylic acid groups (broad SMARTS) is 1. The fourth-order valence-electron chi connectivity index (χ4n) is 3.30. The lowest BCUT2D eigenvalue weighted by atomic mass is 9.98. The number of aromatic nitrogens is 1. The van der Waals surface area contributed by atoms with E-state index in [4.69, 9.17) is 26.2 Å². The number of carbonyl (C=O) groups excluding carboxylic acids is 1. The van der Waals surface area contributed by atoms with E-state index in [1.807, 2.05) is 0 Å². The van der Waals surface area contributed by atoms with Gasteiger partial charge < -0.3 is 19.5 Å². The number of para-hydroxylation sites is 2. The first-order valence-corrected chi connectivity index (χ1v) is 10.4. The van der Waals surface area contributed by atoms with Crippen LogP contribution >= 0.6 is 11.6 Å². The van der Waals surface area contributed by atoms with Gasteiger partial charge in [0.1, 0.15) is 17.2 Å². The molecule has 1 N–H and O–H groups in total. The number of pyridine rings is 1. The van der Waals surface area contributed by atoms with Crippen LogP contribution in [-0.2, 0) is 11.0 Å². The van der Waals surface area contributed by atoms with E-state index in [9.17, 15) is 28.0 Å². The molecule has 3 rings (SSSR count). The summed E-state index contributed by atoms with van der Waals surface area (Å²) in [6.07, 6.45) is -3.94. The van der Waals surface area contributed by atoms with E-state index in [0.29, 0.717) is 17.5 Å². The summed E-state index contributed by atoms with van der Waals surface area (Å²) in [6, 6.07) is 11.2. The Hall–Kier alpha value is -4.30. The van der Waals surface area contributed by atoms with Gasteiger partial charge >= 0.3 is 12.1 Å². The smallest absolute Gasteiger partial charge is 0.433 e. The Morgan fingerprint density at radius 1 is 1.17 bits per heavy atom. The minimum absolute atomic E-state index is 0.0221. The zero-order valence-electron chi connectivity index (χ0n) is 18.8. The van der Waals surface area contributed by atoms with Gasteiger partial charge in [-0.1, -0.05) is 23.7 Å². The molecule has 12 heteroatoms. The van der Waals surface area contributed by atoms with Gasteiger partial charge in [0.25, 0.3) is 5.91 Å². The summed E-state index contributed by atoms with van der Waals surface area (Å²) in [5.41, 5.74) is -1.47. The quantitative estimate of drug-likeness (QED) is 0.465. The number of aliphatic carboxylic acids is 1. The molecule has 1 amide bonds. The maximum Gasteiger partial charge on any atom is 0.433 e. The standard InChI is InChI=1S/C24H17ClF3N3O5/c1-31(18-5-3-4-6-19(18)35-2)23(34)15-8-14(17(25)9-20(15)36-12-22(32)33)16-11-30-21(24(26,27)28)7-13(16)10-29/h3-9,11H,12H2,1-2H3,(H,32,33). The molecule has 3 aromatic rings. The van der Waals surface area contributed by atoms with Crippen LogP contribution < -0.4 is 14.4 Å². The van der Waals surface area contributed by atoms with Crippen molar-refractivity contribution in [2.75, 3.05) is 25.7 Å². The van der Waals surface area contributed by atoms with Gasteiger partial charge in [0.15, 0.2) is 6.61 Å². The van der Waals surface area contributed by atoms with Crippen LogP contribution in [0.2, 0.25) is 5.02 Å². The van der Waals surface area contributed by atoms with Crippen molar-refractivity contribution < 1.29 is 37.3 Å². The van der Waals surface area contributed by atoms with Crippen molar-refractivity contribution in [2.45, 2.75) is 6.18 Å². The van der Waals surface area contributed by atoms with Gasteiger partial charge in [0.2, 0.25) is 0 Å². The largest absolute Gasteiger partial charge is 0.495 e. The van der Waals surface area contributed by atoms with Crippen molar-refractivity contribution in [3.63, 3.8) is 0 Å². The number of carboxylic acids is 1. The number of nitrogens with zero attached hydrogens (tertiary/aromatic N) is 3. The van der Waals surface area contributed by atoms with Gasteiger partial charge in [0, 0.05) is 30.4 Å². The minimum Gasteiger partial charge on any atom is -0.495 e. The Morgan fingerprint density at radius 2 is 1.86 bits per heavy atom. The van der Waals surface area contributed by atoms with Crippen LogP contribution in [0.1, 0.15) is 21.6 Å². The predicted molar refractivity (Wildman–Crippen MR) is 123 cm³/mol. The third kappa shape index (κ3) is 5.50. The number of halogens is 4. The Bertz CT molecular complexity index is 1370. The highest BCUT2D eigenvalue weighted by atomic mass is 35.5. The second-order valence-electron chi connectivity index (χ2n) is 7.27. The molecule has 0 aliphatic carbocycles. The van der Waals surface area contributed by atoms with E-state index in [1.54, 1.807) is 30.3 Å². The van der Waals surface area contributed by atoms with Crippen LogP contribution in [0.5, 0.6) is 11.5 Å². The number of ether oxygens (including phenoxy) is 2. The summed E-state index contributed by atoms with van der Waals surface area (Å²) in [6.45, 7) is -0.792. The van der Waals surface area contributed by atoms with Gasteiger partial charge in [-0.15, -0.1) is 0 Å². The van der Waals surface area contributed by atoms with Gasteiger partial charge in [-0.3, -0.25) is 9.78 Å². The molecule has 0 atom stereocenters. The molecule has 0 aliphatic heterocycles. The SMILES string of the molecule is COc1ccccc1N(C)C(=O)c1cc(-c2cnc(C(F)(F)F)cc2C#N)c(Cl)cc1OCC(=O)O. The van der Waals surface area contributed by atoms with Gasteiger partial charge in [0.05, 0.1) is 35.0 Å². The van der Waals surface area contributed by atoms with Crippen LogP contribution in [-0.4, -0.2) is 42.7 Å². The lowest BCUT2D eigenvalue weighted by molar-refractivity contribution is -0.141. The Balaban J connectivity index is 2.18. The predicted octanol–water partition coefficient (Wildman–Crippen LogP) is 5.04. The first-order chi connectivity index (χ1) is 17.0. The topological polar surface area (TPSA) is 113 Å². The third-order valence-corrected chi connectivity index (χ3v) is 5.32. The van der Waals surface area contributed by atoms with Gasteiger partial charge in [-0.2, -0.15) is 18.4 Å². The van der Waals surface area contributed by atoms with Crippen molar-refractivity contribution in [1.82, 2.24) is 4.98 Å². The van der Waals surface area contributed by atoms with Crippen molar-refractivity contribution >= 4 is 29.2 Å². The molecule has 0 fully saturated rings. The Morgan fingerprint density at radius 3 is 2.47 bits per heavy atom. The number of rotatable bonds is 7. The summed E-state index contributed by atoms with van der Waals surface area (Å²) in [5.74, 6) is -1.80. The monoisotopic (exact) mass is 519 g/mol. The summed E-state index contributed by atoms with van der Waals surface area (Å²) in [7, 11) is 2.86. The molecule has 2 aromatic carbocycles. The van der Waals surface area contributed by atoms with Crippen molar-refractivity contribution in [1.29, 1.82) is 5.26 Å². The van der Waals surface area contributed by atoms with Crippen molar-refractivity contribution in [3.8, 4) is 28.7 Å². The second kappa shape index (κ2) is 10.5. The van der Waals surface area contributed by atoms with E-state index < -0.39 is 30.4 Å². The number of nitriles is 1. The molecule has 1 aromatic heterocycles. The number of hydrogen-bond acceptors (Lipinski definition) is 6. The molecular formula is C24H17ClF3N3O5.